The van der Waals surface area contributed by atoms with Crippen molar-refractivity contribution in [2.24, 2.45) is 0 Å². The summed E-state index contributed by atoms with van der Waals surface area (Å²) in [7, 11) is 1.59. The van der Waals surface area contributed by atoms with Crippen LogP contribution in [0.5, 0.6) is 5.75 Å². The molecule has 26 heavy (non-hydrogen) atoms. The largest absolute Gasteiger partial charge is 0.497 e. The third-order valence-electron chi connectivity index (χ3n) is 3.63. The second-order valence-corrected chi connectivity index (χ2v) is 6.15. The molecule has 0 spiro atoms. The Balaban J connectivity index is 1.92. The SMILES string of the molecule is COc1ccc(C=C(C#N)c2nc(-c3cccc([N+](=O)[O-])c3)cs2)cc1. The first-order chi connectivity index (χ1) is 12.6. The molecule has 0 aliphatic heterocycles. The average molecular weight is 363 g/mol. The molecule has 0 unspecified atom stereocenters. The quantitative estimate of drug-likeness (QED) is 0.369. The molecular weight excluding hydrogens is 350 g/mol. The number of hydrogen-bond acceptors (Lipinski definition) is 6. The van der Waals surface area contributed by atoms with Gasteiger partial charge in [0, 0.05) is 23.1 Å². The van der Waals surface area contributed by atoms with E-state index < -0.39 is 4.92 Å². The number of nitro groups is 1. The number of allylic oxidation sites excluding steroid dienone is 1. The fourth-order valence-corrected chi connectivity index (χ4v) is 3.11. The van der Waals surface area contributed by atoms with E-state index in [4.69, 9.17) is 4.74 Å². The predicted molar refractivity (Wildman–Crippen MR) is 101 cm³/mol. The summed E-state index contributed by atoms with van der Waals surface area (Å²) in [6, 6.07) is 15.8. The highest BCUT2D eigenvalue weighted by atomic mass is 32.1. The molecule has 0 saturated carbocycles. The lowest BCUT2D eigenvalue weighted by atomic mass is 10.1. The van der Waals surface area contributed by atoms with Crippen LogP contribution in [-0.4, -0.2) is 17.0 Å². The molecule has 0 N–H and O–H groups in total. The molecule has 0 aliphatic carbocycles. The highest BCUT2D eigenvalue weighted by molar-refractivity contribution is 7.11. The smallest absolute Gasteiger partial charge is 0.270 e. The van der Waals surface area contributed by atoms with Crippen LogP contribution in [0.2, 0.25) is 0 Å². The topological polar surface area (TPSA) is 89.0 Å². The molecule has 1 aromatic heterocycles. The van der Waals surface area contributed by atoms with Crippen molar-refractivity contribution in [3.05, 3.63) is 74.6 Å². The molecule has 3 rings (SSSR count). The highest BCUT2D eigenvalue weighted by Gasteiger charge is 2.12. The molecule has 0 atom stereocenters. The molecule has 0 amide bonds. The van der Waals surface area contributed by atoms with Crippen molar-refractivity contribution in [3.63, 3.8) is 0 Å². The van der Waals surface area contributed by atoms with Gasteiger partial charge in [-0.15, -0.1) is 11.3 Å². The van der Waals surface area contributed by atoms with Crippen molar-refractivity contribution in [1.82, 2.24) is 4.98 Å². The van der Waals surface area contributed by atoms with E-state index in [0.29, 0.717) is 21.8 Å². The van der Waals surface area contributed by atoms with Gasteiger partial charge in [-0.2, -0.15) is 5.26 Å². The Morgan fingerprint density at radius 2 is 2.08 bits per heavy atom. The number of ether oxygens (including phenoxy) is 1. The Kier molecular flexibility index (Phi) is 5.06. The second-order valence-electron chi connectivity index (χ2n) is 5.29. The van der Waals surface area contributed by atoms with Crippen LogP contribution in [0.15, 0.2) is 53.9 Å². The normalized spacial score (nSPS) is 11.0. The van der Waals surface area contributed by atoms with Crippen LogP contribution >= 0.6 is 11.3 Å². The molecule has 0 bridgehead atoms. The molecule has 3 aromatic rings. The first-order valence-corrected chi connectivity index (χ1v) is 8.45. The summed E-state index contributed by atoms with van der Waals surface area (Å²) >= 11 is 1.32. The van der Waals surface area contributed by atoms with Gasteiger partial charge in [-0.3, -0.25) is 10.1 Å². The van der Waals surface area contributed by atoms with Crippen molar-refractivity contribution >= 4 is 28.7 Å². The maximum absolute atomic E-state index is 10.9. The first kappa shape index (κ1) is 17.3. The first-order valence-electron chi connectivity index (χ1n) is 7.57. The summed E-state index contributed by atoms with van der Waals surface area (Å²) in [5.41, 5.74) is 2.53. The van der Waals surface area contributed by atoms with Crippen molar-refractivity contribution in [1.29, 1.82) is 5.26 Å². The van der Waals surface area contributed by atoms with Crippen molar-refractivity contribution < 1.29 is 9.66 Å². The van der Waals surface area contributed by atoms with E-state index >= 15 is 0 Å². The van der Waals surface area contributed by atoms with Crippen LogP contribution in [0.25, 0.3) is 22.9 Å². The summed E-state index contributed by atoms with van der Waals surface area (Å²) in [5, 5.41) is 22.7. The van der Waals surface area contributed by atoms with Gasteiger partial charge >= 0.3 is 0 Å². The van der Waals surface area contributed by atoms with Gasteiger partial charge < -0.3 is 4.74 Å². The average Bonchev–Trinajstić information content (AvgIpc) is 3.16. The van der Waals surface area contributed by atoms with Crippen LogP contribution in [-0.2, 0) is 0 Å². The fourth-order valence-electron chi connectivity index (χ4n) is 2.32. The van der Waals surface area contributed by atoms with Crippen LogP contribution < -0.4 is 4.74 Å². The lowest BCUT2D eigenvalue weighted by Crippen LogP contribution is -1.88. The van der Waals surface area contributed by atoms with Crippen molar-refractivity contribution in [2.75, 3.05) is 7.11 Å². The Hall–Kier alpha value is -3.50. The van der Waals surface area contributed by atoms with Crippen LogP contribution in [0, 0.1) is 21.4 Å². The van der Waals surface area contributed by atoms with Gasteiger partial charge in [-0.1, -0.05) is 24.3 Å². The number of methoxy groups -OCH3 is 1. The zero-order chi connectivity index (χ0) is 18.5. The maximum atomic E-state index is 10.9. The summed E-state index contributed by atoms with van der Waals surface area (Å²) in [6.45, 7) is 0. The van der Waals surface area contributed by atoms with Gasteiger partial charge in [0.2, 0.25) is 0 Å². The van der Waals surface area contributed by atoms with Crippen molar-refractivity contribution in [3.8, 4) is 23.1 Å². The summed E-state index contributed by atoms with van der Waals surface area (Å²) in [4.78, 5) is 14.9. The monoisotopic (exact) mass is 363 g/mol. The maximum Gasteiger partial charge on any atom is 0.270 e. The van der Waals surface area contributed by atoms with E-state index in [1.165, 1.54) is 23.5 Å². The zero-order valence-corrected chi connectivity index (χ0v) is 14.6. The van der Waals surface area contributed by atoms with E-state index in [-0.39, 0.29) is 5.69 Å². The van der Waals surface area contributed by atoms with E-state index in [0.717, 1.165) is 11.3 Å². The lowest BCUT2D eigenvalue weighted by Gasteiger charge is -2.00. The van der Waals surface area contributed by atoms with Gasteiger partial charge in [0.05, 0.1) is 23.3 Å². The van der Waals surface area contributed by atoms with Gasteiger partial charge in [0.1, 0.15) is 16.8 Å². The van der Waals surface area contributed by atoms with Crippen LogP contribution in [0.1, 0.15) is 10.6 Å². The molecular formula is C19H13N3O3S. The molecule has 128 valence electrons. The molecule has 7 heteroatoms. The van der Waals surface area contributed by atoms with E-state index in [1.807, 2.05) is 24.3 Å². The number of non-ortho nitro benzene ring substituents is 1. The van der Waals surface area contributed by atoms with E-state index in [9.17, 15) is 15.4 Å². The molecule has 0 radical (unpaired) electrons. The van der Waals surface area contributed by atoms with Crippen LogP contribution in [0.3, 0.4) is 0 Å². The molecule has 0 fully saturated rings. The van der Waals surface area contributed by atoms with Crippen molar-refractivity contribution in [2.45, 2.75) is 0 Å². The summed E-state index contributed by atoms with van der Waals surface area (Å²) < 4.78 is 5.12. The molecule has 6 nitrogen and oxygen atoms in total. The molecule has 2 aromatic carbocycles. The fraction of sp³-hybridized carbons (Fsp3) is 0.0526. The Morgan fingerprint density at radius 1 is 1.31 bits per heavy atom. The highest BCUT2D eigenvalue weighted by Crippen LogP contribution is 2.29. The van der Waals surface area contributed by atoms with E-state index in [1.54, 1.807) is 30.7 Å². The zero-order valence-electron chi connectivity index (χ0n) is 13.7. The molecule has 0 aliphatic rings. The Morgan fingerprint density at radius 3 is 2.73 bits per heavy atom. The van der Waals surface area contributed by atoms with E-state index in [2.05, 4.69) is 11.1 Å². The number of hydrogen-bond donors (Lipinski definition) is 0. The third-order valence-corrected chi connectivity index (χ3v) is 4.51. The minimum absolute atomic E-state index is 0.00586. The number of thiazole rings is 1. The lowest BCUT2D eigenvalue weighted by molar-refractivity contribution is -0.384. The van der Waals surface area contributed by atoms with Gasteiger partial charge in [-0.25, -0.2) is 4.98 Å². The van der Waals surface area contributed by atoms with Gasteiger partial charge in [-0.05, 0) is 23.8 Å². The Bertz CT molecular complexity index is 1020. The minimum atomic E-state index is -0.443. The molecule has 0 saturated heterocycles. The van der Waals surface area contributed by atoms with Crippen LogP contribution in [0.4, 0.5) is 5.69 Å². The number of nitrogens with zero attached hydrogens (tertiary/aromatic N) is 3. The predicted octanol–water partition coefficient (Wildman–Crippen LogP) is 4.79. The number of benzene rings is 2. The minimum Gasteiger partial charge on any atom is -0.497 e. The third kappa shape index (κ3) is 3.77. The van der Waals surface area contributed by atoms with Gasteiger partial charge in [0.25, 0.3) is 5.69 Å². The number of nitriles is 1. The molecule has 1 heterocycles. The van der Waals surface area contributed by atoms with Gasteiger partial charge in [0.15, 0.2) is 0 Å². The number of rotatable bonds is 5. The summed E-state index contributed by atoms with van der Waals surface area (Å²) in [6.07, 6.45) is 1.75. The Labute approximate surface area is 153 Å². The number of aromatic nitrogens is 1. The second kappa shape index (κ2) is 7.59. The number of nitro benzene ring substituents is 1. The summed E-state index contributed by atoms with van der Waals surface area (Å²) in [5.74, 6) is 0.739. The standard InChI is InChI=1S/C19H13N3O3S/c1-25-17-7-5-13(6-8-17)9-15(11-20)19-21-18(12-26-19)14-3-2-4-16(10-14)22(23)24/h2-10,12H,1H3.